The standard InChI is InChI=1S/C13H22N2OS/c1-9-6-7-11(17-9)10(2)15-8-13(3,4)12(16)14-5/h6-7,10,15H,8H2,1-5H3,(H,14,16)/t10-/m1/s1. The molecule has 4 heteroatoms. The minimum atomic E-state index is -0.380. The van der Waals surface area contributed by atoms with Crippen LogP contribution in [0.25, 0.3) is 0 Å². The van der Waals surface area contributed by atoms with Gasteiger partial charge in [0.1, 0.15) is 0 Å². The number of thiophene rings is 1. The molecule has 17 heavy (non-hydrogen) atoms. The third kappa shape index (κ3) is 3.82. The van der Waals surface area contributed by atoms with Gasteiger partial charge in [-0.15, -0.1) is 11.3 Å². The van der Waals surface area contributed by atoms with Crippen molar-refractivity contribution >= 4 is 17.2 Å². The van der Waals surface area contributed by atoms with Gasteiger partial charge in [0.15, 0.2) is 0 Å². The topological polar surface area (TPSA) is 41.1 Å². The van der Waals surface area contributed by atoms with Crippen LogP contribution in [-0.2, 0) is 4.79 Å². The first kappa shape index (κ1) is 14.2. The molecule has 0 saturated carbocycles. The Morgan fingerprint density at radius 3 is 2.59 bits per heavy atom. The quantitative estimate of drug-likeness (QED) is 0.847. The van der Waals surface area contributed by atoms with Crippen molar-refractivity contribution in [1.29, 1.82) is 0 Å². The number of aryl methyl sites for hydroxylation is 1. The Kier molecular flexibility index (Phi) is 4.71. The van der Waals surface area contributed by atoms with E-state index in [1.807, 2.05) is 13.8 Å². The average molecular weight is 254 g/mol. The Labute approximate surface area is 108 Å². The summed E-state index contributed by atoms with van der Waals surface area (Å²) in [6.07, 6.45) is 0. The fraction of sp³-hybridized carbons (Fsp3) is 0.615. The van der Waals surface area contributed by atoms with Gasteiger partial charge in [0.2, 0.25) is 5.91 Å². The lowest BCUT2D eigenvalue weighted by molar-refractivity contribution is -0.128. The van der Waals surface area contributed by atoms with E-state index in [2.05, 4.69) is 36.6 Å². The first-order valence-electron chi connectivity index (χ1n) is 5.88. The lowest BCUT2D eigenvalue weighted by Gasteiger charge is -2.25. The molecule has 0 aliphatic heterocycles. The van der Waals surface area contributed by atoms with Crippen molar-refractivity contribution in [3.05, 3.63) is 21.9 Å². The van der Waals surface area contributed by atoms with E-state index in [-0.39, 0.29) is 17.4 Å². The number of nitrogens with one attached hydrogen (secondary N) is 2. The minimum absolute atomic E-state index is 0.0690. The molecule has 0 aliphatic rings. The van der Waals surface area contributed by atoms with Gasteiger partial charge in [0, 0.05) is 29.4 Å². The van der Waals surface area contributed by atoms with Gasteiger partial charge < -0.3 is 10.6 Å². The van der Waals surface area contributed by atoms with Crippen molar-refractivity contribution in [1.82, 2.24) is 10.6 Å². The summed E-state index contributed by atoms with van der Waals surface area (Å²) in [6, 6.07) is 4.56. The SMILES string of the molecule is CNC(=O)C(C)(C)CN[C@H](C)c1ccc(C)s1. The second kappa shape index (κ2) is 5.65. The van der Waals surface area contributed by atoms with Crippen molar-refractivity contribution in [2.45, 2.75) is 33.7 Å². The number of hydrogen-bond acceptors (Lipinski definition) is 3. The zero-order chi connectivity index (χ0) is 13.1. The van der Waals surface area contributed by atoms with Crippen molar-refractivity contribution in [2.75, 3.05) is 13.6 Å². The summed E-state index contributed by atoms with van der Waals surface area (Å²) in [7, 11) is 1.68. The van der Waals surface area contributed by atoms with Crippen LogP contribution in [0.15, 0.2) is 12.1 Å². The van der Waals surface area contributed by atoms with Gasteiger partial charge in [-0.25, -0.2) is 0 Å². The first-order chi connectivity index (χ1) is 7.86. The lowest BCUT2D eigenvalue weighted by atomic mass is 9.92. The van der Waals surface area contributed by atoms with Gasteiger partial charge >= 0.3 is 0 Å². The molecule has 1 rings (SSSR count). The molecule has 2 N–H and O–H groups in total. The molecule has 0 saturated heterocycles. The molecule has 0 aliphatic carbocycles. The van der Waals surface area contributed by atoms with Crippen molar-refractivity contribution in [3.8, 4) is 0 Å². The maximum atomic E-state index is 11.6. The van der Waals surface area contributed by atoms with Crippen LogP contribution in [0.1, 0.15) is 36.6 Å². The molecule has 0 unspecified atom stereocenters. The molecule has 1 aromatic heterocycles. The molecular weight excluding hydrogens is 232 g/mol. The zero-order valence-corrected chi connectivity index (χ0v) is 12.1. The summed E-state index contributed by atoms with van der Waals surface area (Å²) in [5.41, 5.74) is -0.380. The molecule has 96 valence electrons. The third-order valence-corrected chi connectivity index (χ3v) is 4.06. The molecule has 0 fully saturated rings. The van der Waals surface area contributed by atoms with Crippen LogP contribution >= 0.6 is 11.3 Å². The summed E-state index contributed by atoms with van der Waals surface area (Å²) >= 11 is 1.80. The van der Waals surface area contributed by atoms with Crippen LogP contribution in [-0.4, -0.2) is 19.5 Å². The normalized spacial score (nSPS) is 13.5. The van der Waals surface area contributed by atoms with Crippen LogP contribution in [0.3, 0.4) is 0 Å². The van der Waals surface area contributed by atoms with Crippen LogP contribution < -0.4 is 10.6 Å². The number of hydrogen-bond donors (Lipinski definition) is 2. The Morgan fingerprint density at radius 2 is 2.12 bits per heavy atom. The average Bonchev–Trinajstić information content (AvgIpc) is 2.71. The maximum Gasteiger partial charge on any atom is 0.226 e. The maximum absolute atomic E-state index is 11.6. The fourth-order valence-corrected chi connectivity index (χ4v) is 2.52. The molecule has 1 atom stereocenters. The molecule has 1 amide bonds. The summed E-state index contributed by atoms with van der Waals surface area (Å²) in [5.74, 6) is 0.0690. The van der Waals surface area contributed by atoms with Gasteiger partial charge in [-0.05, 0) is 39.8 Å². The van der Waals surface area contributed by atoms with E-state index in [0.717, 1.165) is 0 Å². The predicted octanol–water partition coefficient (Wildman–Crippen LogP) is 2.48. The van der Waals surface area contributed by atoms with Gasteiger partial charge in [0.25, 0.3) is 0 Å². The highest BCUT2D eigenvalue weighted by molar-refractivity contribution is 7.12. The number of carbonyl (C=O) groups excluding carboxylic acids is 1. The van der Waals surface area contributed by atoms with Crippen LogP contribution in [0.4, 0.5) is 0 Å². The number of amides is 1. The Balaban J connectivity index is 2.53. The highest BCUT2D eigenvalue weighted by Gasteiger charge is 2.26. The molecular formula is C13H22N2OS. The smallest absolute Gasteiger partial charge is 0.226 e. The molecule has 3 nitrogen and oxygen atoms in total. The first-order valence-corrected chi connectivity index (χ1v) is 6.70. The number of carbonyl (C=O) groups is 1. The van der Waals surface area contributed by atoms with Gasteiger partial charge in [0.05, 0.1) is 5.41 Å². The second-order valence-corrected chi connectivity index (χ2v) is 6.33. The molecule has 1 heterocycles. The third-order valence-electron chi connectivity index (χ3n) is 2.88. The summed E-state index contributed by atoms with van der Waals surface area (Å²) in [6.45, 7) is 8.81. The van der Waals surface area contributed by atoms with Crippen LogP contribution in [0, 0.1) is 12.3 Å². The summed E-state index contributed by atoms with van der Waals surface area (Å²) in [4.78, 5) is 14.3. The predicted molar refractivity (Wildman–Crippen MR) is 73.3 cm³/mol. The van der Waals surface area contributed by atoms with Gasteiger partial charge in [-0.3, -0.25) is 4.79 Å². The fourth-order valence-electron chi connectivity index (χ4n) is 1.61. The van der Waals surface area contributed by atoms with Crippen molar-refractivity contribution in [3.63, 3.8) is 0 Å². The second-order valence-electron chi connectivity index (χ2n) is 5.01. The Bertz CT molecular complexity index is 385. The van der Waals surface area contributed by atoms with Crippen LogP contribution in [0.2, 0.25) is 0 Å². The van der Waals surface area contributed by atoms with Gasteiger partial charge in [-0.2, -0.15) is 0 Å². The molecule has 0 aromatic carbocycles. The highest BCUT2D eigenvalue weighted by atomic mass is 32.1. The van der Waals surface area contributed by atoms with E-state index in [0.29, 0.717) is 6.54 Å². The van der Waals surface area contributed by atoms with Gasteiger partial charge in [-0.1, -0.05) is 0 Å². The zero-order valence-electron chi connectivity index (χ0n) is 11.3. The van der Waals surface area contributed by atoms with E-state index < -0.39 is 0 Å². The van der Waals surface area contributed by atoms with E-state index in [9.17, 15) is 4.79 Å². The Hall–Kier alpha value is -0.870. The van der Waals surface area contributed by atoms with Crippen LogP contribution in [0.5, 0.6) is 0 Å². The van der Waals surface area contributed by atoms with E-state index in [1.54, 1.807) is 18.4 Å². The molecule has 0 bridgehead atoms. The monoisotopic (exact) mass is 254 g/mol. The minimum Gasteiger partial charge on any atom is -0.359 e. The van der Waals surface area contributed by atoms with E-state index >= 15 is 0 Å². The van der Waals surface area contributed by atoms with E-state index in [4.69, 9.17) is 0 Å². The largest absolute Gasteiger partial charge is 0.359 e. The number of rotatable bonds is 5. The molecule has 0 radical (unpaired) electrons. The molecule has 0 spiro atoms. The highest BCUT2D eigenvalue weighted by Crippen LogP contribution is 2.23. The summed E-state index contributed by atoms with van der Waals surface area (Å²) in [5, 5.41) is 6.11. The molecule has 1 aromatic rings. The summed E-state index contributed by atoms with van der Waals surface area (Å²) < 4.78 is 0. The van der Waals surface area contributed by atoms with E-state index in [1.165, 1.54) is 9.75 Å². The Morgan fingerprint density at radius 1 is 1.47 bits per heavy atom. The van der Waals surface area contributed by atoms with Crippen molar-refractivity contribution < 1.29 is 4.79 Å². The lowest BCUT2D eigenvalue weighted by Crippen LogP contribution is -2.42. The van der Waals surface area contributed by atoms with Crippen molar-refractivity contribution in [2.24, 2.45) is 5.41 Å².